The van der Waals surface area contributed by atoms with Gasteiger partial charge in [0.25, 0.3) is 0 Å². The lowest BCUT2D eigenvalue weighted by molar-refractivity contribution is -0.145. The number of allylic oxidation sites excluding steroid dienone is 2. The number of fused-ring (bicyclic) bond motifs is 3. The summed E-state index contributed by atoms with van der Waals surface area (Å²) < 4.78 is 24.3. The molecule has 0 aliphatic heterocycles. The Balaban J connectivity index is 1.01. The second-order valence-electron chi connectivity index (χ2n) is 15.8. The zero-order valence-electron chi connectivity index (χ0n) is 33.7. The molecule has 306 valence electrons. The summed E-state index contributed by atoms with van der Waals surface area (Å²) in [5, 5.41) is 14.2. The van der Waals surface area contributed by atoms with Crippen molar-refractivity contribution in [1.29, 1.82) is 0 Å². The Kier molecular flexibility index (Phi) is 15.7. The Morgan fingerprint density at radius 1 is 0.947 bits per heavy atom. The van der Waals surface area contributed by atoms with Crippen LogP contribution >= 0.6 is 0 Å². The SMILES string of the molecule is C=CCOC(=O)[C@H](CCCCn1nncc1COCCOCCNC(CC(C)C)=C1C(=O)CC(C)(C)CC1=O)NC(=O)OCC1c2ccccc2-c2ccccc21. The summed E-state index contributed by atoms with van der Waals surface area (Å²) in [7, 11) is 0. The molecule has 0 spiro atoms. The van der Waals surface area contributed by atoms with Crippen molar-refractivity contribution < 1.29 is 38.1 Å². The third-order valence-electron chi connectivity index (χ3n) is 10.0. The van der Waals surface area contributed by atoms with E-state index in [9.17, 15) is 19.2 Å². The number of benzene rings is 2. The number of carbonyl (C=O) groups excluding carboxylic acids is 4. The fraction of sp³-hybridized carbons (Fsp3) is 0.500. The number of nitrogens with one attached hydrogen (secondary N) is 2. The van der Waals surface area contributed by atoms with Crippen molar-refractivity contribution in [3.63, 3.8) is 0 Å². The molecule has 1 heterocycles. The Hall–Kier alpha value is -5.14. The van der Waals surface area contributed by atoms with Gasteiger partial charge in [-0.3, -0.25) is 9.59 Å². The molecule has 0 radical (unpaired) electrons. The summed E-state index contributed by atoms with van der Waals surface area (Å²) in [6.07, 6.45) is 5.41. The Morgan fingerprint density at radius 2 is 1.61 bits per heavy atom. The lowest BCUT2D eigenvalue weighted by Gasteiger charge is -2.30. The van der Waals surface area contributed by atoms with Gasteiger partial charge in [-0.15, -0.1) is 5.10 Å². The van der Waals surface area contributed by atoms with E-state index in [1.165, 1.54) is 6.08 Å². The van der Waals surface area contributed by atoms with E-state index in [-0.39, 0.29) is 42.0 Å². The molecule has 13 nitrogen and oxygen atoms in total. The first-order valence-electron chi connectivity index (χ1n) is 19.9. The summed E-state index contributed by atoms with van der Waals surface area (Å²) in [6, 6.07) is 15.3. The van der Waals surface area contributed by atoms with Gasteiger partial charge >= 0.3 is 12.1 Å². The molecular formula is C44H57N5O8. The lowest BCUT2D eigenvalue weighted by Crippen LogP contribution is -2.42. The van der Waals surface area contributed by atoms with Crippen molar-refractivity contribution in [3.8, 4) is 11.1 Å². The number of carbonyl (C=O) groups is 4. The summed E-state index contributed by atoms with van der Waals surface area (Å²) in [6.45, 7) is 14.2. The zero-order chi connectivity index (χ0) is 40.8. The minimum absolute atomic E-state index is 0.0341. The number of Topliss-reactive ketones (excluding diaryl/α,β-unsaturated/α-hetero) is 2. The minimum Gasteiger partial charge on any atom is -0.460 e. The van der Waals surface area contributed by atoms with Crippen LogP contribution in [-0.2, 0) is 46.5 Å². The smallest absolute Gasteiger partial charge is 0.407 e. The van der Waals surface area contributed by atoms with Crippen molar-refractivity contribution in [3.05, 3.63) is 95.5 Å². The zero-order valence-corrected chi connectivity index (χ0v) is 33.7. The number of aryl methyl sites for hydroxylation is 1. The maximum atomic E-state index is 13.0. The number of ketones is 2. The monoisotopic (exact) mass is 783 g/mol. The molecule has 2 aromatic carbocycles. The van der Waals surface area contributed by atoms with Crippen LogP contribution in [0.2, 0.25) is 0 Å². The molecule has 57 heavy (non-hydrogen) atoms. The first-order valence-corrected chi connectivity index (χ1v) is 19.9. The molecular weight excluding hydrogens is 727 g/mol. The highest BCUT2D eigenvalue weighted by atomic mass is 16.6. The average molecular weight is 784 g/mol. The Morgan fingerprint density at radius 3 is 2.28 bits per heavy atom. The normalized spacial score (nSPS) is 15.2. The fourth-order valence-electron chi connectivity index (χ4n) is 7.40. The Bertz CT molecular complexity index is 1830. The van der Waals surface area contributed by atoms with E-state index in [1.54, 1.807) is 10.9 Å². The molecule has 1 amide bonds. The maximum Gasteiger partial charge on any atom is 0.407 e. The van der Waals surface area contributed by atoms with E-state index in [2.05, 4.69) is 65.6 Å². The highest BCUT2D eigenvalue weighted by Crippen LogP contribution is 2.44. The van der Waals surface area contributed by atoms with Crippen LogP contribution in [0, 0.1) is 11.3 Å². The molecule has 1 fully saturated rings. The topological polar surface area (TPSA) is 160 Å². The summed E-state index contributed by atoms with van der Waals surface area (Å²) in [4.78, 5) is 51.6. The van der Waals surface area contributed by atoms with E-state index in [1.807, 2.05) is 38.1 Å². The van der Waals surface area contributed by atoms with Gasteiger partial charge in [-0.05, 0) is 59.3 Å². The third kappa shape index (κ3) is 12.2. The molecule has 2 N–H and O–H groups in total. The van der Waals surface area contributed by atoms with Crippen LogP contribution in [0.5, 0.6) is 0 Å². The number of esters is 1. The molecule has 13 heteroatoms. The van der Waals surface area contributed by atoms with Crippen molar-refractivity contribution in [1.82, 2.24) is 25.6 Å². The molecule has 0 bridgehead atoms. The van der Waals surface area contributed by atoms with Gasteiger partial charge in [0, 0.05) is 37.5 Å². The second kappa shape index (κ2) is 20.9. The van der Waals surface area contributed by atoms with Crippen LogP contribution in [0.1, 0.15) is 89.0 Å². The first-order chi connectivity index (χ1) is 27.5. The van der Waals surface area contributed by atoms with Gasteiger partial charge in [-0.1, -0.05) is 94.1 Å². The number of unbranched alkanes of at least 4 members (excludes halogenated alkanes) is 1. The molecule has 3 aromatic rings. The summed E-state index contributed by atoms with van der Waals surface area (Å²) >= 11 is 0. The molecule has 1 atom stereocenters. The largest absolute Gasteiger partial charge is 0.460 e. The summed E-state index contributed by atoms with van der Waals surface area (Å²) in [5.41, 5.74) is 6.00. The molecule has 0 saturated heterocycles. The molecule has 1 aromatic heterocycles. The average Bonchev–Trinajstić information content (AvgIpc) is 3.75. The third-order valence-corrected chi connectivity index (χ3v) is 10.0. The highest BCUT2D eigenvalue weighted by molar-refractivity contribution is 6.22. The number of aromatic nitrogens is 3. The van der Waals surface area contributed by atoms with Crippen molar-refractivity contribution >= 4 is 23.6 Å². The van der Waals surface area contributed by atoms with Crippen molar-refractivity contribution in [2.45, 2.75) is 91.3 Å². The van der Waals surface area contributed by atoms with E-state index in [0.29, 0.717) is 89.3 Å². The fourth-order valence-corrected chi connectivity index (χ4v) is 7.40. The van der Waals surface area contributed by atoms with Crippen LogP contribution < -0.4 is 10.6 Å². The predicted molar refractivity (Wildman–Crippen MR) is 215 cm³/mol. The number of amides is 1. The van der Waals surface area contributed by atoms with Gasteiger partial charge in [-0.2, -0.15) is 0 Å². The number of rotatable bonds is 22. The van der Waals surface area contributed by atoms with Crippen LogP contribution in [0.25, 0.3) is 11.1 Å². The molecule has 5 rings (SSSR count). The van der Waals surface area contributed by atoms with Crippen molar-refractivity contribution in [2.75, 3.05) is 39.6 Å². The van der Waals surface area contributed by atoms with Gasteiger partial charge in [-0.25, -0.2) is 14.3 Å². The van der Waals surface area contributed by atoms with Crippen LogP contribution in [0.15, 0.2) is 78.7 Å². The van der Waals surface area contributed by atoms with Gasteiger partial charge in [0.05, 0.1) is 43.9 Å². The molecule has 0 unspecified atom stereocenters. The first kappa shape index (κ1) is 43.0. The van der Waals surface area contributed by atoms with Crippen LogP contribution in [-0.4, -0.2) is 84.2 Å². The van der Waals surface area contributed by atoms with Gasteiger partial charge in [0.1, 0.15) is 19.3 Å². The van der Waals surface area contributed by atoms with Crippen molar-refractivity contribution in [2.24, 2.45) is 11.3 Å². The van der Waals surface area contributed by atoms with E-state index < -0.39 is 18.1 Å². The van der Waals surface area contributed by atoms with Gasteiger partial charge in [0.2, 0.25) is 0 Å². The minimum atomic E-state index is -0.891. The molecule has 2 aliphatic rings. The number of hydrogen-bond acceptors (Lipinski definition) is 11. The number of hydrogen-bond donors (Lipinski definition) is 2. The van der Waals surface area contributed by atoms with Gasteiger partial charge in [0.15, 0.2) is 11.6 Å². The van der Waals surface area contributed by atoms with Crippen LogP contribution in [0.3, 0.4) is 0 Å². The standard InChI is InChI=1S/C44H57N5O8/c1-6-20-56-42(52)37(47-43(53)57-29-36-34-15-9-7-13-32(34)33-14-8-10-16-35(33)36)17-11-12-19-49-31(27-46-48-49)28-55-23-22-54-21-18-45-38(24-30(2)3)41-39(50)25-44(4,5)26-40(41)51/h6-10,13-16,27,30,36-37,45H,1,11-12,17-26,28-29H2,2-5H3,(H,47,53)/t37-/m0/s1. The van der Waals surface area contributed by atoms with Crippen LogP contribution in [0.4, 0.5) is 4.79 Å². The maximum absolute atomic E-state index is 13.0. The molecule has 1 saturated carbocycles. The number of alkyl carbamates (subject to hydrolysis) is 1. The summed E-state index contributed by atoms with van der Waals surface area (Å²) in [5.74, 6) is -0.534. The highest BCUT2D eigenvalue weighted by Gasteiger charge is 2.37. The van der Waals surface area contributed by atoms with E-state index >= 15 is 0 Å². The van der Waals surface area contributed by atoms with Gasteiger partial charge < -0.3 is 29.6 Å². The predicted octanol–water partition coefficient (Wildman–Crippen LogP) is 6.47. The number of nitrogens with zero attached hydrogens (tertiary/aromatic N) is 3. The molecule has 2 aliphatic carbocycles. The van der Waals surface area contributed by atoms with E-state index in [0.717, 1.165) is 27.9 Å². The number of ether oxygens (including phenoxy) is 4. The Labute approximate surface area is 335 Å². The quantitative estimate of drug-likeness (QED) is 0.0378. The van der Waals surface area contributed by atoms with E-state index in [4.69, 9.17) is 18.9 Å². The lowest BCUT2D eigenvalue weighted by atomic mass is 9.73. The second-order valence-corrected chi connectivity index (χ2v) is 15.8.